The fourth-order valence-electron chi connectivity index (χ4n) is 0.754. The highest BCUT2D eigenvalue weighted by Crippen LogP contribution is 2.25. The van der Waals surface area contributed by atoms with Crippen LogP contribution in [0.5, 0.6) is 0 Å². The minimum absolute atomic E-state index is 1.19. The lowest BCUT2D eigenvalue weighted by atomic mass is 10.2. The predicted octanol–water partition coefficient (Wildman–Crippen LogP) is 1.35. The molecule has 0 aromatic carbocycles. The molecule has 5 heteroatoms. The van der Waals surface area contributed by atoms with Crippen LogP contribution < -0.4 is 0 Å². The molecule has 1 rings (SSSR count). The zero-order valence-electron chi connectivity index (χ0n) is 6.84. The van der Waals surface area contributed by atoms with E-state index in [1.165, 1.54) is 12.8 Å². The number of hydrogen-bond donors (Lipinski definition) is 3. The number of rotatable bonds is 1. The Balaban J connectivity index is 0.000000217. The maximum atomic E-state index is 8.88. The number of allylic oxidation sites excluding steroid dienone is 4. The summed E-state index contributed by atoms with van der Waals surface area (Å²) in [6.07, 6.45) is 8.92. The Kier molecular flexibility index (Phi) is 5.09. The Morgan fingerprint density at radius 3 is 2.17 bits per heavy atom. The third kappa shape index (κ3) is 9.59. The minimum Gasteiger partial charge on any atom is -0.303 e. The number of hydrogen-bond acceptors (Lipinski definition) is 1. The topological polar surface area (TPSA) is 77.8 Å². The maximum absolute atomic E-state index is 8.88. The highest BCUT2D eigenvalue weighted by atomic mass is 31.2. The Morgan fingerprint density at radius 1 is 1.50 bits per heavy atom. The summed E-state index contributed by atoms with van der Waals surface area (Å²) in [4.78, 5) is 21.6. The lowest BCUT2D eigenvalue weighted by Gasteiger charge is -1.88. The first-order valence-electron chi connectivity index (χ1n) is 3.56. The highest BCUT2D eigenvalue weighted by Gasteiger charge is 2.00. The van der Waals surface area contributed by atoms with E-state index in [1.54, 1.807) is 5.57 Å². The molecule has 0 unspecified atom stereocenters. The largest absolute Gasteiger partial charge is 0.466 e. The van der Waals surface area contributed by atoms with Crippen LogP contribution in [-0.2, 0) is 4.57 Å². The molecule has 0 atom stereocenters. The molecule has 0 radical (unpaired) electrons. The SMILES string of the molecule is CCC1=CC=CC1.O=P(O)(O)O. The summed E-state index contributed by atoms with van der Waals surface area (Å²) < 4.78 is 8.88. The fraction of sp³-hybridized carbons (Fsp3) is 0.429. The smallest absolute Gasteiger partial charge is 0.303 e. The summed E-state index contributed by atoms with van der Waals surface area (Å²) in [7, 11) is -4.64. The first kappa shape index (κ1) is 11.6. The van der Waals surface area contributed by atoms with Crippen molar-refractivity contribution in [1.29, 1.82) is 0 Å². The van der Waals surface area contributed by atoms with Crippen LogP contribution >= 0.6 is 7.82 Å². The van der Waals surface area contributed by atoms with E-state index in [-0.39, 0.29) is 0 Å². The molecule has 3 N–H and O–H groups in total. The van der Waals surface area contributed by atoms with E-state index in [9.17, 15) is 0 Å². The van der Waals surface area contributed by atoms with E-state index in [1.807, 2.05) is 0 Å². The molecule has 70 valence electrons. The van der Waals surface area contributed by atoms with Crippen molar-refractivity contribution in [1.82, 2.24) is 0 Å². The Morgan fingerprint density at radius 2 is 2.00 bits per heavy atom. The van der Waals surface area contributed by atoms with Gasteiger partial charge in [-0.3, -0.25) is 0 Å². The van der Waals surface area contributed by atoms with Crippen LogP contribution in [0.3, 0.4) is 0 Å². The quantitative estimate of drug-likeness (QED) is 0.548. The second-order valence-electron chi connectivity index (χ2n) is 2.32. The van der Waals surface area contributed by atoms with Gasteiger partial charge in [-0.1, -0.05) is 30.7 Å². The van der Waals surface area contributed by atoms with Crippen LogP contribution in [0.25, 0.3) is 0 Å². The van der Waals surface area contributed by atoms with E-state index < -0.39 is 7.82 Å². The second kappa shape index (κ2) is 5.27. The van der Waals surface area contributed by atoms with E-state index >= 15 is 0 Å². The van der Waals surface area contributed by atoms with Crippen molar-refractivity contribution in [3.63, 3.8) is 0 Å². The average molecular weight is 192 g/mol. The molecule has 0 fully saturated rings. The normalized spacial score (nSPS) is 15.2. The Hall–Kier alpha value is -0.410. The van der Waals surface area contributed by atoms with Gasteiger partial charge in [-0.25, -0.2) is 4.57 Å². The Labute approximate surface area is 71.5 Å². The summed E-state index contributed by atoms with van der Waals surface area (Å²) in [5.74, 6) is 0. The summed E-state index contributed by atoms with van der Waals surface area (Å²) in [6, 6.07) is 0. The van der Waals surface area contributed by atoms with Gasteiger partial charge < -0.3 is 14.7 Å². The molecule has 0 saturated carbocycles. The fourth-order valence-corrected chi connectivity index (χ4v) is 0.754. The first-order valence-corrected chi connectivity index (χ1v) is 5.13. The van der Waals surface area contributed by atoms with Crippen molar-refractivity contribution in [2.45, 2.75) is 19.8 Å². The van der Waals surface area contributed by atoms with Gasteiger partial charge in [0.1, 0.15) is 0 Å². The van der Waals surface area contributed by atoms with Gasteiger partial charge in [0.05, 0.1) is 0 Å². The summed E-state index contributed by atoms with van der Waals surface area (Å²) in [5.41, 5.74) is 1.56. The third-order valence-electron chi connectivity index (χ3n) is 1.30. The van der Waals surface area contributed by atoms with Gasteiger partial charge in [-0.15, -0.1) is 0 Å². The molecule has 0 aliphatic heterocycles. The van der Waals surface area contributed by atoms with Gasteiger partial charge >= 0.3 is 7.82 Å². The molecule has 4 nitrogen and oxygen atoms in total. The minimum atomic E-state index is -4.64. The van der Waals surface area contributed by atoms with Gasteiger partial charge in [0.25, 0.3) is 0 Å². The molecule has 0 aromatic heterocycles. The van der Waals surface area contributed by atoms with Crippen LogP contribution in [-0.4, -0.2) is 14.7 Å². The van der Waals surface area contributed by atoms with E-state index in [0.29, 0.717) is 0 Å². The lowest BCUT2D eigenvalue weighted by molar-refractivity contribution is 0.275. The molecule has 0 bridgehead atoms. The van der Waals surface area contributed by atoms with Gasteiger partial charge in [-0.05, 0) is 12.8 Å². The van der Waals surface area contributed by atoms with Crippen molar-refractivity contribution in [3.05, 3.63) is 23.8 Å². The maximum Gasteiger partial charge on any atom is 0.466 e. The molecule has 12 heavy (non-hydrogen) atoms. The number of phosphoric acid groups is 1. The highest BCUT2D eigenvalue weighted by molar-refractivity contribution is 7.45. The van der Waals surface area contributed by atoms with Crippen LogP contribution in [0.15, 0.2) is 23.8 Å². The van der Waals surface area contributed by atoms with Crippen LogP contribution in [0.1, 0.15) is 19.8 Å². The summed E-state index contributed by atoms with van der Waals surface area (Å²) >= 11 is 0. The van der Waals surface area contributed by atoms with E-state index in [4.69, 9.17) is 19.2 Å². The van der Waals surface area contributed by atoms with Gasteiger partial charge in [0, 0.05) is 0 Å². The van der Waals surface area contributed by atoms with E-state index in [0.717, 1.165) is 0 Å². The molecule has 0 heterocycles. The molecular formula is C7H13O4P. The Bertz CT molecular complexity index is 217. The van der Waals surface area contributed by atoms with Crippen molar-refractivity contribution in [2.75, 3.05) is 0 Å². The molecule has 0 spiro atoms. The van der Waals surface area contributed by atoms with E-state index in [2.05, 4.69) is 25.2 Å². The molecule has 0 aromatic rings. The van der Waals surface area contributed by atoms with Gasteiger partial charge in [-0.2, -0.15) is 0 Å². The lowest BCUT2D eigenvalue weighted by Crippen LogP contribution is -1.68. The zero-order valence-corrected chi connectivity index (χ0v) is 7.74. The molecular weight excluding hydrogens is 179 g/mol. The predicted molar refractivity (Wildman–Crippen MR) is 46.4 cm³/mol. The molecule has 0 amide bonds. The molecule has 0 saturated heterocycles. The van der Waals surface area contributed by atoms with Crippen LogP contribution in [0.2, 0.25) is 0 Å². The molecule has 1 aliphatic carbocycles. The standard InChI is InChI=1S/C7H10.H3O4P/c1-2-7-5-3-4-6-7;1-5(2,3)4/h3-5H,2,6H2,1H3;(H3,1,2,3,4). The monoisotopic (exact) mass is 192 g/mol. The zero-order chi connectivity index (χ0) is 9.61. The van der Waals surface area contributed by atoms with Crippen molar-refractivity contribution in [2.24, 2.45) is 0 Å². The van der Waals surface area contributed by atoms with Crippen molar-refractivity contribution >= 4 is 7.82 Å². The van der Waals surface area contributed by atoms with Gasteiger partial charge in [0.15, 0.2) is 0 Å². The average Bonchev–Trinajstić information content (AvgIpc) is 2.33. The van der Waals surface area contributed by atoms with Crippen molar-refractivity contribution in [3.8, 4) is 0 Å². The van der Waals surface area contributed by atoms with Gasteiger partial charge in [0.2, 0.25) is 0 Å². The summed E-state index contributed by atoms with van der Waals surface area (Å²) in [6.45, 7) is 2.19. The molecule has 1 aliphatic rings. The van der Waals surface area contributed by atoms with Crippen LogP contribution in [0.4, 0.5) is 0 Å². The first-order chi connectivity index (χ1) is 5.43. The van der Waals surface area contributed by atoms with Crippen LogP contribution in [0, 0.1) is 0 Å². The van der Waals surface area contributed by atoms with Crippen molar-refractivity contribution < 1.29 is 19.2 Å². The second-order valence-corrected chi connectivity index (χ2v) is 3.35. The summed E-state index contributed by atoms with van der Waals surface area (Å²) in [5, 5.41) is 0. The third-order valence-corrected chi connectivity index (χ3v) is 1.30.